The number of hydrogen-bond donors (Lipinski definition) is 1. The van der Waals surface area contributed by atoms with Crippen LogP contribution in [0.2, 0.25) is 0 Å². The lowest BCUT2D eigenvalue weighted by Crippen LogP contribution is -2.41. The van der Waals surface area contributed by atoms with Crippen molar-refractivity contribution in [3.05, 3.63) is 34.9 Å². The van der Waals surface area contributed by atoms with E-state index in [0.29, 0.717) is 12.6 Å². The van der Waals surface area contributed by atoms with Crippen molar-refractivity contribution in [2.75, 3.05) is 32.8 Å². The van der Waals surface area contributed by atoms with E-state index in [4.69, 9.17) is 10.5 Å². The topological polar surface area (TPSA) is 38.5 Å². The Balaban J connectivity index is 1.82. The van der Waals surface area contributed by atoms with Crippen LogP contribution in [0.4, 0.5) is 0 Å². The van der Waals surface area contributed by atoms with E-state index in [0.717, 1.165) is 26.3 Å². The number of nitrogens with two attached hydrogens (primary N) is 1. The molecule has 1 saturated heterocycles. The average molecular weight is 260 g/mol. The molecule has 3 heteroatoms. The van der Waals surface area contributed by atoms with Crippen LogP contribution in [0.5, 0.6) is 0 Å². The van der Waals surface area contributed by atoms with Crippen LogP contribution < -0.4 is 5.73 Å². The molecule has 0 radical (unpaired) electrons. The van der Waals surface area contributed by atoms with E-state index < -0.39 is 0 Å². The third-order valence-corrected chi connectivity index (χ3v) is 4.47. The molecule has 0 saturated carbocycles. The van der Waals surface area contributed by atoms with E-state index in [2.05, 4.69) is 23.1 Å². The van der Waals surface area contributed by atoms with E-state index in [1.54, 1.807) is 11.1 Å². The van der Waals surface area contributed by atoms with Crippen molar-refractivity contribution < 1.29 is 4.74 Å². The van der Waals surface area contributed by atoms with Gasteiger partial charge in [-0.2, -0.15) is 0 Å². The summed E-state index contributed by atoms with van der Waals surface area (Å²) in [6, 6.07) is 7.38. The average Bonchev–Trinajstić information content (AvgIpc) is 2.49. The van der Waals surface area contributed by atoms with Gasteiger partial charge in [0.25, 0.3) is 0 Å². The lowest BCUT2D eigenvalue weighted by molar-refractivity contribution is 0.0179. The second kappa shape index (κ2) is 6.04. The Morgan fingerprint density at radius 2 is 1.84 bits per heavy atom. The van der Waals surface area contributed by atoms with E-state index >= 15 is 0 Å². The Bertz CT molecular complexity index is 427. The number of hydrogen-bond acceptors (Lipinski definition) is 3. The van der Waals surface area contributed by atoms with Crippen molar-refractivity contribution in [3.8, 4) is 0 Å². The van der Waals surface area contributed by atoms with Crippen molar-refractivity contribution >= 4 is 0 Å². The standard InChI is InChI=1S/C16H24N2O/c17-12-16(18-7-9-19-10-8-18)15-6-5-13-3-1-2-4-14(13)11-15/h5-6,11,16H,1-4,7-10,12,17H2. The minimum absolute atomic E-state index is 0.358. The summed E-state index contributed by atoms with van der Waals surface area (Å²) in [6.07, 6.45) is 5.17. The maximum absolute atomic E-state index is 6.03. The van der Waals surface area contributed by atoms with Crippen LogP contribution in [0.25, 0.3) is 0 Å². The maximum atomic E-state index is 6.03. The summed E-state index contributed by atoms with van der Waals surface area (Å²) in [5, 5.41) is 0. The zero-order valence-electron chi connectivity index (χ0n) is 11.6. The number of benzene rings is 1. The molecule has 104 valence electrons. The van der Waals surface area contributed by atoms with E-state index in [9.17, 15) is 0 Å². The summed E-state index contributed by atoms with van der Waals surface area (Å²) in [6.45, 7) is 4.36. The van der Waals surface area contributed by atoms with Crippen LogP contribution in [-0.4, -0.2) is 37.7 Å². The third kappa shape index (κ3) is 2.83. The number of rotatable bonds is 3. The van der Waals surface area contributed by atoms with E-state index in [-0.39, 0.29) is 0 Å². The van der Waals surface area contributed by atoms with Gasteiger partial charge in [-0.05, 0) is 42.4 Å². The number of morpholine rings is 1. The molecule has 3 rings (SSSR count). The highest BCUT2D eigenvalue weighted by atomic mass is 16.5. The smallest absolute Gasteiger partial charge is 0.0594 e. The van der Waals surface area contributed by atoms with E-state index in [1.165, 1.54) is 31.2 Å². The molecule has 0 spiro atoms. The van der Waals surface area contributed by atoms with Gasteiger partial charge in [0.15, 0.2) is 0 Å². The van der Waals surface area contributed by atoms with Crippen molar-refractivity contribution in [2.24, 2.45) is 5.73 Å². The molecule has 19 heavy (non-hydrogen) atoms. The molecule has 1 unspecified atom stereocenters. The molecule has 1 heterocycles. The quantitative estimate of drug-likeness (QED) is 0.902. The first-order valence-corrected chi connectivity index (χ1v) is 7.52. The molecular formula is C16H24N2O. The number of ether oxygens (including phenoxy) is 1. The molecule has 1 aromatic rings. The Kier molecular flexibility index (Phi) is 4.16. The fraction of sp³-hybridized carbons (Fsp3) is 0.625. The van der Waals surface area contributed by atoms with Crippen LogP contribution in [-0.2, 0) is 17.6 Å². The van der Waals surface area contributed by atoms with Gasteiger partial charge in [0.1, 0.15) is 0 Å². The van der Waals surface area contributed by atoms with Crippen molar-refractivity contribution in [1.82, 2.24) is 4.90 Å². The van der Waals surface area contributed by atoms with Gasteiger partial charge in [0.05, 0.1) is 13.2 Å². The van der Waals surface area contributed by atoms with Gasteiger partial charge in [-0.15, -0.1) is 0 Å². The first-order valence-electron chi connectivity index (χ1n) is 7.52. The van der Waals surface area contributed by atoms with Gasteiger partial charge in [-0.1, -0.05) is 18.2 Å². The number of aryl methyl sites for hydroxylation is 2. The van der Waals surface area contributed by atoms with Gasteiger partial charge < -0.3 is 10.5 Å². The highest BCUT2D eigenvalue weighted by molar-refractivity contribution is 5.35. The molecule has 3 nitrogen and oxygen atoms in total. The first-order chi connectivity index (χ1) is 9.38. The summed E-state index contributed by atoms with van der Waals surface area (Å²) < 4.78 is 5.44. The van der Waals surface area contributed by atoms with E-state index in [1.807, 2.05) is 0 Å². The second-order valence-electron chi connectivity index (χ2n) is 5.64. The van der Waals surface area contributed by atoms with Gasteiger partial charge >= 0.3 is 0 Å². The molecular weight excluding hydrogens is 236 g/mol. The number of fused-ring (bicyclic) bond motifs is 1. The molecule has 1 aliphatic carbocycles. The third-order valence-electron chi connectivity index (χ3n) is 4.47. The summed E-state index contributed by atoms with van der Waals surface area (Å²) >= 11 is 0. The SMILES string of the molecule is NCC(c1ccc2c(c1)CCCC2)N1CCOCC1. The minimum Gasteiger partial charge on any atom is -0.379 e. The molecule has 1 fully saturated rings. The molecule has 0 bridgehead atoms. The van der Waals surface area contributed by atoms with Crippen molar-refractivity contribution in [1.29, 1.82) is 0 Å². The largest absolute Gasteiger partial charge is 0.379 e. The predicted molar refractivity (Wildman–Crippen MR) is 77.3 cm³/mol. The Labute approximate surface area is 115 Å². The predicted octanol–water partition coefficient (Wildman–Crippen LogP) is 1.90. The first kappa shape index (κ1) is 13.1. The molecule has 0 amide bonds. The van der Waals surface area contributed by atoms with Crippen LogP contribution in [0.3, 0.4) is 0 Å². The van der Waals surface area contributed by atoms with Gasteiger partial charge in [0.2, 0.25) is 0 Å². The lowest BCUT2D eigenvalue weighted by Gasteiger charge is -2.34. The van der Waals surface area contributed by atoms with Crippen LogP contribution >= 0.6 is 0 Å². The van der Waals surface area contributed by atoms with Gasteiger partial charge in [-0.25, -0.2) is 0 Å². The second-order valence-corrected chi connectivity index (χ2v) is 5.64. The monoisotopic (exact) mass is 260 g/mol. The van der Waals surface area contributed by atoms with Crippen LogP contribution in [0.15, 0.2) is 18.2 Å². The summed E-state index contributed by atoms with van der Waals surface area (Å²) in [4.78, 5) is 2.47. The number of nitrogens with zero attached hydrogens (tertiary/aromatic N) is 1. The fourth-order valence-corrected chi connectivity index (χ4v) is 3.35. The lowest BCUT2D eigenvalue weighted by atomic mass is 9.89. The zero-order valence-corrected chi connectivity index (χ0v) is 11.6. The highest BCUT2D eigenvalue weighted by Crippen LogP contribution is 2.27. The van der Waals surface area contributed by atoms with Crippen molar-refractivity contribution in [3.63, 3.8) is 0 Å². The molecule has 1 aromatic carbocycles. The zero-order chi connectivity index (χ0) is 13.1. The Hall–Kier alpha value is -0.900. The molecule has 1 atom stereocenters. The summed E-state index contributed by atoms with van der Waals surface area (Å²) in [5.74, 6) is 0. The Morgan fingerprint density at radius 3 is 2.58 bits per heavy atom. The van der Waals surface area contributed by atoms with Crippen molar-refractivity contribution in [2.45, 2.75) is 31.7 Å². The summed E-state index contributed by atoms with van der Waals surface area (Å²) in [5.41, 5.74) is 10.5. The van der Waals surface area contributed by atoms with Gasteiger partial charge in [-0.3, -0.25) is 4.90 Å². The molecule has 2 aliphatic rings. The fourth-order valence-electron chi connectivity index (χ4n) is 3.35. The maximum Gasteiger partial charge on any atom is 0.0594 e. The minimum atomic E-state index is 0.358. The molecule has 2 N–H and O–H groups in total. The normalized spacial score (nSPS) is 21.9. The summed E-state index contributed by atoms with van der Waals surface area (Å²) in [7, 11) is 0. The van der Waals surface area contributed by atoms with Gasteiger partial charge in [0, 0.05) is 25.7 Å². The van der Waals surface area contributed by atoms with Crippen LogP contribution in [0, 0.1) is 0 Å². The Morgan fingerprint density at radius 1 is 1.11 bits per heavy atom. The van der Waals surface area contributed by atoms with Crippen LogP contribution in [0.1, 0.15) is 35.6 Å². The molecule has 0 aromatic heterocycles. The molecule has 1 aliphatic heterocycles. The highest BCUT2D eigenvalue weighted by Gasteiger charge is 2.22.